The zero-order valence-corrected chi connectivity index (χ0v) is 23.3. The fourth-order valence-corrected chi connectivity index (χ4v) is 5.37. The van der Waals surface area contributed by atoms with Crippen LogP contribution in [0, 0.1) is 0 Å². The highest BCUT2D eigenvalue weighted by Crippen LogP contribution is 2.23. The normalized spacial score (nSPS) is 15.8. The molecule has 1 atom stereocenters. The van der Waals surface area contributed by atoms with Crippen molar-refractivity contribution in [2.45, 2.75) is 175 Å². The SMILES string of the molecule is CCCCCCCCCCCCCC1N(CCC)C=CN1CCCCCCCCCCCC. The molecule has 0 aromatic carbocycles. The first-order valence-electron chi connectivity index (χ1n) is 15.5. The zero-order valence-electron chi connectivity index (χ0n) is 23.3. The number of hydrogen-bond donors (Lipinski definition) is 0. The molecule has 2 nitrogen and oxygen atoms in total. The average molecular weight is 463 g/mol. The van der Waals surface area contributed by atoms with Crippen LogP contribution in [0.1, 0.15) is 168 Å². The third-order valence-corrected chi connectivity index (χ3v) is 7.53. The van der Waals surface area contributed by atoms with Crippen LogP contribution < -0.4 is 0 Å². The van der Waals surface area contributed by atoms with Crippen LogP contribution in [-0.2, 0) is 0 Å². The minimum absolute atomic E-state index is 0.641. The molecule has 1 rings (SSSR count). The third-order valence-electron chi connectivity index (χ3n) is 7.53. The lowest BCUT2D eigenvalue weighted by atomic mass is 10.0. The molecule has 33 heavy (non-hydrogen) atoms. The first-order valence-corrected chi connectivity index (χ1v) is 15.5. The van der Waals surface area contributed by atoms with Crippen molar-refractivity contribution in [3.63, 3.8) is 0 Å². The van der Waals surface area contributed by atoms with E-state index in [0.717, 1.165) is 0 Å². The van der Waals surface area contributed by atoms with E-state index in [1.807, 2.05) is 0 Å². The molecule has 0 aliphatic carbocycles. The van der Waals surface area contributed by atoms with E-state index in [-0.39, 0.29) is 0 Å². The highest BCUT2D eigenvalue weighted by molar-refractivity contribution is 4.96. The zero-order chi connectivity index (χ0) is 23.8. The quantitative estimate of drug-likeness (QED) is 0.124. The van der Waals surface area contributed by atoms with Crippen molar-refractivity contribution in [2.75, 3.05) is 13.1 Å². The molecule has 0 fully saturated rings. The largest absolute Gasteiger partial charge is 0.356 e. The molecular weight excluding hydrogens is 400 g/mol. The minimum atomic E-state index is 0.641. The van der Waals surface area contributed by atoms with Crippen LogP contribution in [0.4, 0.5) is 0 Å². The first kappa shape index (κ1) is 30.4. The molecule has 0 saturated heterocycles. The second-order valence-electron chi connectivity index (χ2n) is 10.8. The van der Waals surface area contributed by atoms with E-state index >= 15 is 0 Å². The molecule has 0 radical (unpaired) electrons. The van der Waals surface area contributed by atoms with Crippen molar-refractivity contribution >= 4 is 0 Å². The fraction of sp³-hybridized carbons (Fsp3) is 0.935. The third kappa shape index (κ3) is 16.6. The van der Waals surface area contributed by atoms with Gasteiger partial charge >= 0.3 is 0 Å². The molecule has 2 heteroatoms. The Bertz CT molecular complexity index is 419. The summed E-state index contributed by atoms with van der Waals surface area (Å²) in [4.78, 5) is 5.28. The van der Waals surface area contributed by atoms with Gasteiger partial charge in [-0.2, -0.15) is 0 Å². The average Bonchev–Trinajstić information content (AvgIpc) is 3.20. The van der Waals surface area contributed by atoms with E-state index < -0.39 is 0 Å². The molecule has 0 saturated carbocycles. The molecule has 0 aromatic heterocycles. The molecule has 0 aromatic rings. The molecule has 196 valence electrons. The van der Waals surface area contributed by atoms with Crippen LogP contribution >= 0.6 is 0 Å². The summed E-state index contributed by atoms with van der Waals surface area (Å²) in [5.74, 6) is 0. The topological polar surface area (TPSA) is 6.48 Å². The van der Waals surface area contributed by atoms with Crippen molar-refractivity contribution in [1.29, 1.82) is 0 Å². The van der Waals surface area contributed by atoms with Crippen LogP contribution in [0.5, 0.6) is 0 Å². The second-order valence-corrected chi connectivity index (χ2v) is 10.8. The Morgan fingerprint density at radius 3 is 1.18 bits per heavy atom. The molecule has 0 bridgehead atoms. The van der Waals surface area contributed by atoms with E-state index in [4.69, 9.17) is 0 Å². The fourth-order valence-electron chi connectivity index (χ4n) is 5.37. The van der Waals surface area contributed by atoms with Crippen molar-refractivity contribution in [1.82, 2.24) is 9.80 Å². The lowest BCUT2D eigenvalue weighted by Crippen LogP contribution is -2.39. The van der Waals surface area contributed by atoms with Gasteiger partial charge in [-0.1, -0.05) is 143 Å². The summed E-state index contributed by atoms with van der Waals surface area (Å²) in [6.45, 7) is 9.40. The van der Waals surface area contributed by atoms with Gasteiger partial charge in [-0.05, 0) is 25.7 Å². The van der Waals surface area contributed by atoms with E-state index in [0.29, 0.717) is 6.17 Å². The van der Waals surface area contributed by atoms with Gasteiger partial charge in [0.25, 0.3) is 0 Å². The van der Waals surface area contributed by atoms with Gasteiger partial charge in [-0.15, -0.1) is 0 Å². The van der Waals surface area contributed by atoms with Gasteiger partial charge in [0, 0.05) is 25.5 Å². The van der Waals surface area contributed by atoms with E-state index in [9.17, 15) is 0 Å². The van der Waals surface area contributed by atoms with Gasteiger partial charge in [0.1, 0.15) is 6.17 Å². The van der Waals surface area contributed by atoms with Crippen molar-refractivity contribution in [3.05, 3.63) is 12.4 Å². The molecule has 1 heterocycles. The predicted octanol–water partition coefficient (Wildman–Crippen LogP) is 10.4. The Balaban J connectivity index is 2.07. The van der Waals surface area contributed by atoms with Gasteiger partial charge in [-0.25, -0.2) is 0 Å². The number of unbranched alkanes of at least 4 members (excludes halogenated alkanes) is 19. The van der Waals surface area contributed by atoms with Crippen LogP contribution in [0.3, 0.4) is 0 Å². The highest BCUT2D eigenvalue weighted by atomic mass is 15.4. The smallest absolute Gasteiger partial charge is 0.101 e. The van der Waals surface area contributed by atoms with Gasteiger partial charge < -0.3 is 9.80 Å². The number of nitrogens with zero attached hydrogens (tertiary/aromatic N) is 2. The lowest BCUT2D eigenvalue weighted by Gasteiger charge is -2.33. The Labute approximate surface area is 210 Å². The summed E-state index contributed by atoms with van der Waals surface area (Å²) in [6, 6.07) is 0. The van der Waals surface area contributed by atoms with Gasteiger partial charge in [-0.3, -0.25) is 0 Å². The van der Waals surface area contributed by atoms with Gasteiger partial charge in [0.2, 0.25) is 0 Å². The highest BCUT2D eigenvalue weighted by Gasteiger charge is 2.24. The molecule has 0 N–H and O–H groups in total. The molecular formula is C31H62N2. The Kier molecular flexibility index (Phi) is 21.3. The Hall–Kier alpha value is -0.660. The van der Waals surface area contributed by atoms with E-state index in [1.165, 1.54) is 161 Å². The predicted molar refractivity (Wildman–Crippen MR) is 150 cm³/mol. The van der Waals surface area contributed by atoms with Crippen LogP contribution in [-0.4, -0.2) is 29.1 Å². The summed E-state index contributed by atoms with van der Waals surface area (Å²) >= 11 is 0. The van der Waals surface area contributed by atoms with Crippen molar-refractivity contribution < 1.29 is 0 Å². The summed E-state index contributed by atoms with van der Waals surface area (Å²) in [5, 5.41) is 0. The molecule has 1 aliphatic heterocycles. The molecule has 1 aliphatic rings. The summed E-state index contributed by atoms with van der Waals surface area (Å²) in [5.41, 5.74) is 0. The number of hydrogen-bond acceptors (Lipinski definition) is 2. The summed E-state index contributed by atoms with van der Waals surface area (Å²) in [7, 11) is 0. The summed E-state index contributed by atoms with van der Waals surface area (Å²) < 4.78 is 0. The molecule has 0 spiro atoms. The molecule has 0 amide bonds. The maximum atomic E-state index is 2.66. The standard InChI is InChI=1S/C31H62N2/c1-4-7-9-11-13-15-17-18-20-22-24-26-31-32(27-6-3)29-30-33(31)28-25-23-21-19-16-14-12-10-8-5-2/h29-31H,4-28H2,1-3H3. The van der Waals surface area contributed by atoms with Crippen LogP contribution in [0.25, 0.3) is 0 Å². The van der Waals surface area contributed by atoms with Gasteiger partial charge in [0.05, 0.1) is 0 Å². The first-order chi connectivity index (χ1) is 16.3. The summed E-state index contributed by atoms with van der Waals surface area (Å²) in [6.07, 6.45) is 38.1. The maximum Gasteiger partial charge on any atom is 0.101 e. The lowest BCUT2D eigenvalue weighted by molar-refractivity contribution is 0.137. The van der Waals surface area contributed by atoms with Crippen LogP contribution in [0.2, 0.25) is 0 Å². The maximum absolute atomic E-state index is 2.66. The van der Waals surface area contributed by atoms with Crippen molar-refractivity contribution in [2.24, 2.45) is 0 Å². The molecule has 1 unspecified atom stereocenters. The van der Waals surface area contributed by atoms with Gasteiger partial charge in [0.15, 0.2) is 0 Å². The van der Waals surface area contributed by atoms with Crippen LogP contribution in [0.15, 0.2) is 12.4 Å². The Morgan fingerprint density at radius 1 is 0.394 bits per heavy atom. The monoisotopic (exact) mass is 462 g/mol. The number of rotatable bonds is 25. The minimum Gasteiger partial charge on any atom is -0.356 e. The van der Waals surface area contributed by atoms with E-state index in [2.05, 4.69) is 43.0 Å². The Morgan fingerprint density at radius 2 is 0.758 bits per heavy atom. The van der Waals surface area contributed by atoms with E-state index in [1.54, 1.807) is 0 Å². The van der Waals surface area contributed by atoms with Crippen molar-refractivity contribution in [3.8, 4) is 0 Å². The second kappa shape index (κ2) is 23.1.